The molecule has 1 aliphatic heterocycles. The predicted molar refractivity (Wildman–Crippen MR) is 75.5 cm³/mol. The maximum atomic E-state index is 4.52. The summed E-state index contributed by atoms with van der Waals surface area (Å²) >= 11 is 3.61. The minimum atomic E-state index is 0.627. The van der Waals surface area contributed by atoms with E-state index in [0.717, 1.165) is 23.4 Å². The van der Waals surface area contributed by atoms with Gasteiger partial charge in [-0.3, -0.25) is 0 Å². The number of rotatable bonds is 4. The molecule has 1 fully saturated rings. The molecule has 0 bridgehead atoms. The topological polar surface area (TPSA) is 28.2 Å². The molecule has 3 nitrogen and oxygen atoms in total. The van der Waals surface area contributed by atoms with Crippen LogP contribution in [0.15, 0.2) is 22.8 Å². The molecule has 4 heteroatoms. The summed E-state index contributed by atoms with van der Waals surface area (Å²) in [5.74, 6) is 1.10. The maximum absolute atomic E-state index is 4.52. The van der Waals surface area contributed by atoms with E-state index >= 15 is 0 Å². The van der Waals surface area contributed by atoms with Gasteiger partial charge < -0.3 is 10.2 Å². The Kier molecular flexibility index (Phi) is 4.80. The van der Waals surface area contributed by atoms with Gasteiger partial charge in [-0.15, -0.1) is 0 Å². The number of halogens is 1. The lowest BCUT2D eigenvalue weighted by molar-refractivity contribution is 0.430. The Morgan fingerprint density at radius 3 is 3.18 bits per heavy atom. The SMILES string of the molecule is CNCCC1CCCCN1c1ncccc1Br. The monoisotopic (exact) mass is 297 g/mol. The fourth-order valence-corrected chi connectivity index (χ4v) is 2.96. The van der Waals surface area contributed by atoms with Gasteiger partial charge in [-0.25, -0.2) is 4.98 Å². The molecule has 1 aliphatic rings. The summed E-state index contributed by atoms with van der Waals surface area (Å²) in [6, 6.07) is 4.68. The molecule has 0 radical (unpaired) electrons. The summed E-state index contributed by atoms with van der Waals surface area (Å²) in [6.45, 7) is 2.20. The summed E-state index contributed by atoms with van der Waals surface area (Å²) in [5.41, 5.74) is 0. The molecule has 1 aromatic rings. The number of pyridine rings is 1. The molecule has 17 heavy (non-hydrogen) atoms. The third kappa shape index (κ3) is 3.19. The molecule has 1 atom stereocenters. The van der Waals surface area contributed by atoms with E-state index in [9.17, 15) is 0 Å². The average Bonchev–Trinajstić information content (AvgIpc) is 2.37. The molecular weight excluding hydrogens is 278 g/mol. The Morgan fingerprint density at radius 1 is 1.53 bits per heavy atom. The van der Waals surface area contributed by atoms with Crippen LogP contribution in [-0.2, 0) is 0 Å². The van der Waals surface area contributed by atoms with Crippen molar-refractivity contribution in [1.29, 1.82) is 0 Å². The lowest BCUT2D eigenvalue weighted by Crippen LogP contribution is -2.41. The molecule has 1 saturated heterocycles. The van der Waals surface area contributed by atoms with Crippen molar-refractivity contribution in [2.24, 2.45) is 0 Å². The van der Waals surface area contributed by atoms with E-state index in [2.05, 4.69) is 37.2 Å². The average molecular weight is 298 g/mol. The molecule has 0 saturated carbocycles. The third-order valence-electron chi connectivity index (χ3n) is 3.37. The van der Waals surface area contributed by atoms with Crippen molar-refractivity contribution >= 4 is 21.7 Å². The van der Waals surface area contributed by atoms with Crippen LogP contribution in [0.4, 0.5) is 5.82 Å². The Hall–Kier alpha value is -0.610. The van der Waals surface area contributed by atoms with Crippen molar-refractivity contribution in [2.45, 2.75) is 31.7 Å². The lowest BCUT2D eigenvalue weighted by Gasteiger charge is -2.37. The molecule has 0 amide bonds. The second-order valence-electron chi connectivity index (χ2n) is 4.54. The van der Waals surface area contributed by atoms with Crippen molar-refractivity contribution in [2.75, 3.05) is 25.0 Å². The molecule has 0 spiro atoms. The van der Waals surface area contributed by atoms with Crippen LogP contribution < -0.4 is 10.2 Å². The number of hydrogen-bond acceptors (Lipinski definition) is 3. The van der Waals surface area contributed by atoms with Gasteiger partial charge in [0.2, 0.25) is 0 Å². The zero-order chi connectivity index (χ0) is 12.1. The van der Waals surface area contributed by atoms with E-state index in [1.165, 1.54) is 25.7 Å². The minimum absolute atomic E-state index is 0.627. The summed E-state index contributed by atoms with van der Waals surface area (Å²) in [6.07, 6.45) is 6.97. The van der Waals surface area contributed by atoms with Crippen LogP contribution in [0.2, 0.25) is 0 Å². The summed E-state index contributed by atoms with van der Waals surface area (Å²) in [5, 5.41) is 3.24. The first-order chi connectivity index (χ1) is 8.33. The van der Waals surface area contributed by atoms with Crippen LogP contribution in [0.1, 0.15) is 25.7 Å². The summed E-state index contributed by atoms with van der Waals surface area (Å²) < 4.78 is 1.11. The highest BCUT2D eigenvalue weighted by Gasteiger charge is 2.24. The summed E-state index contributed by atoms with van der Waals surface area (Å²) in [4.78, 5) is 6.98. The normalized spacial score (nSPS) is 20.6. The highest BCUT2D eigenvalue weighted by Crippen LogP contribution is 2.30. The van der Waals surface area contributed by atoms with E-state index in [4.69, 9.17) is 0 Å². The van der Waals surface area contributed by atoms with Crippen molar-refractivity contribution in [3.8, 4) is 0 Å². The van der Waals surface area contributed by atoms with E-state index in [0.29, 0.717) is 6.04 Å². The third-order valence-corrected chi connectivity index (χ3v) is 3.98. The molecule has 1 aromatic heterocycles. The van der Waals surface area contributed by atoms with Crippen molar-refractivity contribution in [3.05, 3.63) is 22.8 Å². The van der Waals surface area contributed by atoms with Gasteiger partial charge in [-0.05, 0) is 67.3 Å². The zero-order valence-electron chi connectivity index (χ0n) is 10.3. The first kappa shape index (κ1) is 12.8. The van der Waals surface area contributed by atoms with Crippen LogP contribution in [0, 0.1) is 0 Å². The van der Waals surface area contributed by atoms with Crippen molar-refractivity contribution in [1.82, 2.24) is 10.3 Å². The largest absolute Gasteiger partial charge is 0.353 e. The number of piperidine rings is 1. The number of nitrogens with one attached hydrogen (secondary N) is 1. The fraction of sp³-hybridized carbons (Fsp3) is 0.615. The highest BCUT2D eigenvalue weighted by atomic mass is 79.9. The first-order valence-electron chi connectivity index (χ1n) is 6.34. The van der Waals surface area contributed by atoms with Gasteiger partial charge in [0.15, 0.2) is 0 Å². The Labute approximate surface area is 112 Å². The molecule has 0 aliphatic carbocycles. The van der Waals surface area contributed by atoms with Crippen LogP contribution >= 0.6 is 15.9 Å². The zero-order valence-corrected chi connectivity index (χ0v) is 11.9. The minimum Gasteiger partial charge on any atom is -0.353 e. The number of aromatic nitrogens is 1. The van der Waals surface area contributed by atoms with E-state index in [-0.39, 0.29) is 0 Å². The van der Waals surface area contributed by atoms with Gasteiger partial charge in [0, 0.05) is 18.8 Å². The second-order valence-corrected chi connectivity index (χ2v) is 5.40. The van der Waals surface area contributed by atoms with Crippen LogP contribution in [-0.4, -0.2) is 31.2 Å². The number of anilines is 1. The molecule has 2 heterocycles. The maximum Gasteiger partial charge on any atom is 0.143 e. The lowest BCUT2D eigenvalue weighted by atomic mass is 9.99. The van der Waals surface area contributed by atoms with Gasteiger partial charge in [0.25, 0.3) is 0 Å². The van der Waals surface area contributed by atoms with Crippen LogP contribution in [0.3, 0.4) is 0 Å². The van der Waals surface area contributed by atoms with Gasteiger partial charge in [-0.2, -0.15) is 0 Å². The number of hydrogen-bond donors (Lipinski definition) is 1. The fourth-order valence-electron chi connectivity index (χ4n) is 2.48. The Morgan fingerprint density at radius 2 is 2.41 bits per heavy atom. The molecule has 0 aromatic carbocycles. The van der Waals surface area contributed by atoms with E-state index < -0.39 is 0 Å². The first-order valence-corrected chi connectivity index (χ1v) is 7.14. The highest BCUT2D eigenvalue weighted by molar-refractivity contribution is 9.10. The Bertz CT molecular complexity index is 356. The summed E-state index contributed by atoms with van der Waals surface area (Å²) in [7, 11) is 2.02. The van der Waals surface area contributed by atoms with Gasteiger partial charge in [0.1, 0.15) is 5.82 Å². The van der Waals surface area contributed by atoms with Crippen LogP contribution in [0.5, 0.6) is 0 Å². The van der Waals surface area contributed by atoms with Gasteiger partial charge in [0.05, 0.1) is 4.47 Å². The van der Waals surface area contributed by atoms with Gasteiger partial charge >= 0.3 is 0 Å². The molecular formula is C13H20BrN3. The molecule has 1 N–H and O–H groups in total. The molecule has 94 valence electrons. The van der Waals surface area contributed by atoms with Gasteiger partial charge in [-0.1, -0.05) is 0 Å². The smallest absolute Gasteiger partial charge is 0.143 e. The van der Waals surface area contributed by atoms with Crippen molar-refractivity contribution in [3.63, 3.8) is 0 Å². The van der Waals surface area contributed by atoms with Crippen LogP contribution in [0.25, 0.3) is 0 Å². The quantitative estimate of drug-likeness (QED) is 0.926. The van der Waals surface area contributed by atoms with Crippen molar-refractivity contribution < 1.29 is 0 Å². The second kappa shape index (κ2) is 6.36. The van der Waals surface area contributed by atoms with E-state index in [1.54, 1.807) is 0 Å². The Balaban J connectivity index is 2.13. The number of nitrogens with zero attached hydrogens (tertiary/aromatic N) is 2. The standard InChI is InChI=1S/C13H20BrN3/c1-15-9-7-11-5-2-3-10-17(11)13-12(14)6-4-8-16-13/h4,6,8,11,15H,2-3,5,7,9-10H2,1H3. The predicted octanol–water partition coefficient (Wildman–Crippen LogP) is 2.81. The molecule has 2 rings (SSSR count). The van der Waals surface area contributed by atoms with E-state index in [1.807, 2.05) is 19.3 Å². The molecule has 1 unspecified atom stereocenters.